The quantitative estimate of drug-likeness (QED) is 0.506. The van der Waals surface area contributed by atoms with Crippen molar-refractivity contribution in [2.45, 2.75) is 32.4 Å². The Bertz CT molecular complexity index is 958. The first-order valence-corrected chi connectivity index (χ1v) is 10.4. The number of hydrogen-bond donors (Lipinski definition) is 1. The van der Waals surface area contributed by atoms with Crippen molar-refractivity contribution in [3.8, 4) is 11.5 Å². The van der Waals surface area contributed by atoms with E-state index < -0.39 is 0 Å². The van der Waals surface area contributed by atoms with Gasteiger partial charge in [0.2, 0.25) is 5.95 Å². The second-order valence-electron chi connectivity index (χ2n) is 7.52. The first-order valence-electron chi connectivity index (χ1n) is 10.4. The van der Waals surface area contributed by atoms with Crippen molar-refractivity contribution in [1.29, 1.82) is 0 Å². The Morgan fingerprint density at radius 2 is 1.65 bits per heavy atom. The Labute approximate surface area is 196 Å². The Kier molecular flexibility index (Phi) is 9.75. The summed E-state index contributed by atoms with van der Waals surface area (Å²) in [5.74, 6) is 2.40. The van der Waals surface area contributed by atoms with Gasteiger partial charge in [0.05, 0.1) is 25.3 Å². The summed E-state index contributed by atoms with van der Waals surface area (Å²) >= 11 is 0. The third kappa shape index (κ3) is 5.97. The number of benzene rings is 2. The van der Waals surface area contributed by atoms with Gasteiger partial charge >= 0.3 is 0 Å². The van der Waals surface area contributed by atoms with Crippen LogP contribution in [0.25, 0.3) is 11.0 Å². The van der Waals surface area contributed by atoms with Crippen LogP contribution >= 0.6 is 24.8 Å². The highest BCUT2D eigenvalue weighted by atomic mass is 35.5. The first kappa shape index (κ1) is 25.1. The van der Waals surface area contributed by atoms with Crippen molar-refractivity contribution in [1.82, 2.24) is 14.5 Å². The fraction of sp³-hybridized carbons (Fsp3) is 0.435. The summed E-state index contributed by atoms with van der Waals surface area (Å²) in [4.78, 5) is 7.41. The number of rotatable bonds is 8. The predicted octanol–water partition coefficient (Wildman–Crippen LogP) is 5.00. The van der Waals surface area contributed by atoms with Gasteiger partial charge < -0.3 is 24.3 Å². The number of likely N-dealkylation sites (tertiary alicyclic amines) is 1. The average Bonchev–Trinajstić information content (AvgIpc) is 3.14. The van der Waals surface area contributed by atoms with Gasteiger partial charge in [0.1, 0.15) is 0 Å². The second kappa shape index (κ2) is 12.0. The number of hydrogen-bond acceptors (Lipinski definition) is 5. The number of anilines is 1. The van der Waals surface area contributed by atoms with Gasteiger partial charge in [-0.3, -0.25) is 0 Å². The summed E-state index contributed by atoms with van der Waals surface area (Å²) in [6.07, 6.45) is 3.99. The van der Waals surface area contributed by atoms with E-state index in [1.54, 1.807) is 14.2 Å². The van der Waals surface area contributed by atoms with E-state index in [0.717, 1.165) is 41.6 Å². The first-order chi connectivity index (χ1) is 14.3. The van der Waals surface area contributed by atoms with Crippen LogP contribution in [-0.4, -0.2) is 48.3 Å². The van der Waals surface area contributed by atoms with Crippen LogP contribution in [0.2, 0.25) is 0 Å². The number of fused-ring (bicyclic) bond motifs is 1. The van der Waals surface area contributed by atoms with Crippen LogP contribution in [0, 0.1) is 0 Å². The molecule has 1 saturated heterocycles. The van der Waals surface area contributed by atoms with E-state index >= 15 is 0 Å². The number of piperidine rings is 1. The zero-order valence-corrected chi connectivity index (χ0v) is 19.8. The monoisotopic (exact) mass is 466 g/mol. The highest BCUT2D eigenvalue weighted by molar-refractivity contribution is 5.85. The lowest BCUT2D eigenvalue weighted by Crippen LogP contribution is -2.32. The maximum absolute atomic E-state index is 5.43. The van der Waals surface area contributed by atoms with E-state index in [9.17, 15) is 0 Å². The summed E-state index contributed by atoms with van der Waals surface area (Å²) in [7, 11) is 3.32. The maximum Gasteiger partial charge on any atom is 0.204 e. The molecule has 0 radical (unpaired) electrons. The molecule has 0 bridgehead atoms. The largest absolute Gasteiger partial charge is 0.493 e. The van der Waals surface area contributed by atoms with Crippen molar-refractivity contribution < 1.29 is 9.47 Å². The number of halogens is 2. The van der Waals surface area contributed by atoms with E-state index in [4.69, 9.17) is 14.5 Å². The number of aromatic nitrogens is 2. The molecular formula is C23H32Cl2N4O2. The average molecular weight is 467 g/mol. The summed E-state index contributed by atoms with van der Waals surface area (Å²) < 4.78 is 13.1. The molecule has 8 heteroatoms. The molecule has 0 aliphatic carbocycles. The molecule has 4 rings (SSSR count). The Morgan fingerprint density at radius 1 is 0.903 bits per heavy atom. The predicted molar refractivity (Wildman–Crippen MR) is 131 cm³/mol. The van der Waals surface area contributed by atoms with Gasteiger partial charge in [-0.25, -0.2) is 4.98 Å². The summed E-state index contributed by atoms with van der Waals surface area (Å²) in [5, 5.41) is 3.53. The van der Waals surface area contributed by atoms with Crippen molar-refractivity contribution in [3.63, 3.8) is 0 Å². The van der Waals surface area contributed by atoms with Gasteiger partial charge in [-0.05, 0) is 55.8 Å². The summed E-state index contributed by atoms with van der Waals surface area (Å²) in [6.45, 7) is 5.09. The van der Waals surface area contributed by atoms with Crippen molar-refractivity contribution >= 4 is 41.8 Å². The van der Waals surface area contributed by atoms with Gasteiger partial charge in [-0.15, -0.1) is 24.8 Å². The topological polar surface area (TPSA) is 51.5 Å². The molecular weight excluding hydrogens is 435 g/mol. The molecule has 0 amide bonds. The number of nitrogens with zero attached hydrogens (tertiary/aromatic N) is 3. The minimum Gasteiger partial charge on any atom is -0.493 e. The van der Waals surface area contributed by atoms with E-state index in [1.807, 2.05) is 18.2 Å². The standard InChI is InChI=1S/C23H30N4O2.2ClH/c1-28-21-11-10-18(16-22(21)29-2)17-24-23-25-19-8-4-5-9-20(19)27(23)15-14-26-12-6-3-7-13-26;;/h4-5,8-11,16H,3,6-7,12-15,17H2,1-2H3,(H,24,25);2*1H. The van der Waals surface area contributed by atoms with Crippen LogP contribution in [0.3, 0.4) is 0 Å². The number of para-hydroxylation sites is 2. The van der Waals surface area contributed by atoms with Crippen LogP contribution in [0.5, 0.6) is 11.5 Å². The molecule has 1 N–H and O–H groups in total. The van der Waals surface area contributed by atoms with Gasteiger partial charge in [-0.2, -0.15) is 0 Å². The molecule has 0 spiro atoms. The zero-order chi connectivity index (χ0) is 20.1. The lowest BCUT2D eigenvalue weighted by atomic mass is 10.1. The molecule has 6 nitrogen and oxygen atoms in total. The third-order valence-corrected chi connectivity index (χ3v) is 5.64. The molecule has 1 fully saturated rings. The van der Waals surface area contributed by atoms with E-state index in [-0.39, 0.29) is 24.8 Å². The lowest BCUT2D eigenvalue weighted by molar-refractivity contribution is 0.222. The van der Waals surface area contributed by atoms with Crippen LogP contribution in [-0.2, 0) is 13.1 Å². The van der Waals surface area contributed by atoms with Crippen LogP contribution < -0.4 is 14.8 Å². The molecule has 2 aromatic carbocycles. The van der Waals surface area contributed by atoms with Gasteiger partial charge in [0.25, 0.3) is 0 Å². The molecule has 0 unspecified atom stereocenters. The molecule has 3 aromatic rings. The maximum atomic E-state index is 5.43. The lowest BCUT2D eigenvalue weighted by Gasteiger charge is -2.26. The fourth-order valence-electron chi connectivity index (χ4n) is 4.03. The highest BCUT2D eigenvalue weighted by Crippen LogP contribution is 2.28. The van der Waals surface area contributed by atoms with Gasteiger partial charge in [-0.1, -0.05) is 24.6 Å². The summed E-state index contributed by atoms with van der Waals surface area (Å²) in [5.41, 5.74) is 3.33. The van der Waals surface area contributed by atoms with E-state index in [0.29, 0.717) is 6.54 Å². The van der Waals surface area contributed by atoms with Crippen LogP contribution in [0.15, 0.2) is 42.5 Å². The Balaban J connectivity index is 0.00000171. The molecule has 2 heterocycles. The zero-order valence-electron chi connectivity index (χ0n) is 18.2. The minimum atomic E-state index is 0. The van der Waals surface area contributed by atoms with Gasteiger partial charge in [0, 0.05) is 19.6 Å². The number of methoxy groups -OCH3 is 2. The molecule has 31 heavy (non-hydrogen) atoms. The molecule has 1 aliphatic heterocycles. The number of ether oxygens (including phenoxy) is 2. The molecule has 170 valence electrons. The van der Waals surface area contributed by atoms with Crippen molar-refractivity contribution in [2.24, 2.45) is 0 Å². The fourth-order valence-corrected chi connectivity index (χ4v) is 4.03. The van der Waals surface area contributed by atoms with Crippen LogP contribution in [0.1, 0.15) is 24.8 Å². The van der Waals surface area contributed by atoms with Crippen molar-refractivity contribution in [3.05, 3.63) is 48.0 Å². The van der Waals surface area contributed by atoms with Crippen LogP contribution in [0.4, 0.5) is 5.95 Å². The minimum absolute atomic E-state index is 0. The van der Waals surface area contributed by atoms with E-state index in [2.05, 4.69) is 39.0 Å². The summed E-state index contributed by atoms with van der Waals surface area (Å²) in [6, 6.07) is 14.4. The molecule has 1 aliphatic rings. The highest BCUT2D eigenvalue weighted by Gasteiger charge is 2.14. The SMILES string of the molecule is COc1ccc(CNc2nc3ccccc3n2CCN2CCCCC2)cc1OC.Cl.Cl. The smallest absolute Gasteiger partial charge is 0.204 e. The second-order valence-corrected chi connectivity index (χ2v) is 7.52. The Hall–Kier alpha value is -2.15. The van der Waals surface area contributed by atoms with E-state index in [1.165, 1.54) is 37.9 Å². The molecule has 1 aromatic heterocycles. The number of imidazole rings is 1. The number of nitrogens with one attached hydrogen (secondary N) is 1. The van der Waals surface area contributed by atoms with Crippen molar-refractivity contribution in [2.75, 3.05) is 39.2 Å². The van der Waals surface area contributed by atoms with Gasteiger partial charge in [0.15, 0.2) is 11.5 Å². The normalized spacial score (nSPS) is 13.9. The molecule has 0 saturated carbocycles. The third-order valence-electron chi connectivity index (χ3n) is 5.64. The molecule has 0 atom stereocenters. The Morgan fingerprint density at radius 3 is 2.39 bits per heavy atom.